The van der Waals surface area contributed by atoms with Crippen molar-refractivity contribution >= 4 is 11.6 Å². The molecular formula is C10H11ClF2. The molecule has 13 heavy (non-hydrogen) atoms. The maximum Gasteiger partial charge on any atom is 0.245 e. The molecule has 0 N–H and O–H groups in total. The summed E-state index contributed by atoms with van der Waals surface area (Å²) in [5.74, 6) is -0.799. The summed E-state index contributed by atoms with van der Waals surface area (Å²) in [7, 11) is 0. The fourth-order valence-corrected chi connectivity index (χ4v) is 1.46. The van der Waals surface area contributed by atoms with Crippen LogP contribution in [0.2, 0.25) is 5.02 Å². The molecule has 0 spiro atoms. The first kappa shape index (κ1) is 10.5. The third kappa shape index (κ3) is 2.19. The van der Waals surface area contributed by atoms with Crippen LogP contribution in [0.25, 0.3) is 0 Å². The minimum Gasteiger partial charge on any atom is -0.210 e. The van der Waals surface area contributed by atoms with Crippen molar-refractivity contribution in [2.24, 2.45) is 0 Å². The van der Waals surface area contributed by atoms with Crippen LogP contribution in [-0.2, 0) is 0 Å². The first-order chi connectivity index (χ1) is 6.04. The van der Waals surface area contributed by atoms with Gasteiger partial charge >= 0.3 is 0 Å². The highest BCUT2D eigenvalue weighted by Gasteiger charge is 2.19. The van der Waals surface area contributed by atoms with Crippen molar-refractivity contribution in [2.75, 3.05) is 0 Å². The van der Waals surface area contributed by atoms with Crippen molar-refractivity contribution in [3.05, 3.63) is 34.3 Å². The van der Waals surface area contributed by atoms with Crippen LogP contribution < -0.4 is 0 Å². The van der Waals surface area contributed by atoms with E-state index in [-0.39, 0.29) is 0 Å². The molecule has 0 aliphatic heterocycles. The number of alkyl halides is 2. The lowest BCUT2D eigenvalue weighted by atomic mass is 10.00. The quantitative estimate of drug-likeness (QED) is 0.683. The maximum absolute atomic E-state index is 12.4. The summed E-state index contributed by atoms with van der Waals surface area (Å²) in [4.78, 5) is 0. The van der Waals surface area contributed by atoms with E-state index in [1.165, 1.54) is 6.92 Å². The van der Waals surface area contributed by atoms with Gasteiger partial charge in [-0.2, -0.15) is 0 Å². The molecule has 0 heterocycles. The van der Waals surface area contributed by atoms with Gasteiger partial charge in [0.15, 0.2) is 0 Å². The minimum atomic E-state index is -2.36. The van der Waals surface area contributed by atoms with Crippen LogP contribution in [0.1, 0.15) is 24.0 Å². The first-order valence-corrected chi connectivity index (χ1v) is 4.45. The summed E-state index contributed by atoms with van der Waals surface area (Å²) in [5.41, 5.74) is 1.36. The zero-order chi connectivity index (χ0) is 10.0. The van der Waals surface area contributed by atoms with Crippen LogP contribution in [0.4, 0.5) is 8.78 Å². The molecule has 3 heteroatoms. The van der Waals surface area contributed by atoms with E-state index in [2.05, 4.69) is 0 Å². The van der Waals surface area contributed by atoms with Gasteiger partial charge in [0.25, 0.3) is 0 Å². The molecule has 1 aromatic carbocycles. The minimum absolute atomic E-state index is 0.454. The first-order valence-electron chi connectivity index (χ1n) is 4.07. The van der Waals surface area contributed by atoms with E-state index in [4.69, 9.17) is 11.6 Å². The maximum atomic E-state index is 12.4. The van der Waals surface area contributed by atoms with Gasteiger partial charge in [0.2, 0.25) is 6.43 Å². The number of rotatable bonds is 2. The average molecular weight is 205 g/mol. The summed E-state index contributed by atoms with van der Waals surface area (Å²) in [5, 5.41) is 0.454. The zero-order valence-electron chi connectivity index (χ0n) is 7.52. The van der Waals surface area contributed by atoms with Crippen LogP contribution in [0.5, 0.6) is 0 Å². The van der Waals surface area contributed by atoms with Gasteiger partial charge in [0, 0.05) is 10.9 Å². The third-order valence-electron chi connectivity index (χ3n) is 2.09. The van der Waals surface area contributed by atoms with Crippen LogP contribution in [-0.4, -0.2) is 6.43 Å². The lowest BCUT2D eigenvalue weighted by Crippen LogP contribution is -2.05. The van der Waals surface area contributed by atoms with E-state index in [0.717, 1.165) is 5.56 Å². The van der Waals surface area contributed by atoms with E-state index in [1.807, 2.05) is 13.0 Å². The van der Waals surface area contributed by atoms with Gasteiger partial charge in [-0.15, -0.1) is 0 Å². The smallest absolute Gasteiger partial charge is 0.210 e. The normalized spacial score (nSPS) is 13.4. The van der Waals surface area contributed by atoms with Crippen LogP contribution in [0, 0.1) is 6.92 Å². The Morgan fingerprint density at radius 1 is 1.31 bits per heavy atom. The fourth-order valence-electron chi connectivity index (χ4n) is 1.16. The monoisotopic (exact) mass is 204 g/mol. The van der Waals surface area contributed by atoms with Gasteiger partial charge in [-0.05, 0) is 18.1 Å². The molecule has 0 fully saturated rings. The molecule has 0 radical (unpaired) electrons. The van der Waals surface area contributed by atoms with Crippen molar-refractivity contribution in [1.29, 1.82) is 0 Å². The molecule has 0 nitrogen and oxygen atoms in total. The van der Waals surface area contributed by atoms with E-state index >= 15 is 0 Å². The summed E-state index contributed by atoms with van der Waals surface area (Å²) in [6, 6.07) is 5.20. The standard InChI is InChI=1S/C10H11ClF2/c1-6-4-3-5-8(9(6)11)7(2)10(12)13/h3-5,7,10H,1-2H3. The van der Waals surface area contributed by atoms with Gasteiger partial charge in [0.1, 0.15) is 0 Å². The molecule has 0 amide bonds. The average Bonchev–Trinajstić information content (AvgIpc) is 2.08. The summed E-state index contributed by atoms with van der Waals surface area (Å²) in [6.45, 7) is 3.29. The van der Waals surface area contributed by atoms with Gasteiger partial charge in [-0.1, -0.05) is 36.7 Å². The van der Waals surface area contributed by atoms with Crippen LogP contribution in [0.15, 0.2) is 18.2 Å². The van der Waals surface area contributed by atoms with E-state index in [1.54, 1.807) is 12.1 Å². The zero-order valence-corrected chi connectivity index (χ0v) is 8.28. The van der Waals surface area contributed by atoms with Crippen molar-refractivity contribution in [3.8, 4) is 0 Å². The van der Waals surface area contributed by atoms with Gasteiger partial charge < -0.3 is 0 Å². The SMILES string of the molecule is Cc1cccc(C(C)C(F)F)c1Cl. The van der Waals surface area contributed by atoms with E-state index in [0.29, 0.717) is 10.6 Å². The molecule has 72 valence electrons. The van der Waals surface area contributed by atoms with Crippen LogP contribution in [0.3, 0.4) is 0 Å². The molecule has 1 aromatic rings. The predicted molar refractivity (Wildman–Crippen MR) is 50.6 cm³/mol. The van der Waals surface area contributed by atoms with Crippen molar-refractivity contribution in [2.45, 2.75) is 26.2 Å². The van der Waals surface area contributed by atoms with Crippen molar-refractivity contribution in [3.63, 3.8) is 0 Å². The largest absolute Gasteiger partial charge is 0.245 e. The van der Waals surface area contributed by atoms with Gasteiger partial charge in [-0.25, -0.2) is 8.78 Å². The fraction of sp³-hybridized carbons (Fsp3) is 0.400. The summed E-state index contributed by atoms with van der Waals surface area (Å²) >= 11 is 5.90. The topological polar surface area (TPSA) is 0 Å². The summed E-state index contributed by atoms with van der Waals surface area (Å²) in [6.07, 6.45) is -2.36. The molecular weight excluding hydrogens is 194 g/mol. The lowest BCUT2D eigenvalue weighted by molar-refractivity contribution is 0.121. The lowest BCUT2D eigenvalue weighted by Gasteiger charge is -2.13. The van der Waals surface area contributed by atoms with Gasteiger partial charge in [0.05, 0.1) is 0 Å². The Balaban J connectivity index is 3.07. The van der Waals surface area contributed by atoms with Crippen LogP contribution >= 0.6 is 11.6 Å². The molecule has 0 saturated heterocycles. The second-order valence-electron chi connectivity index (χ2n) is 3.10. The second-order valence-corrected chi connectivity index (χ2v) is 3.48. The Bertz CT molecular complexity index is 297. The van der Waals surface area contributed by atoms with Gasteiger partial charge in [-0.3, -0.25) is 0 Å². The number of benzene rings is 1. The van der Waals surface area contributed by atoms with Crippen molar-refractivity contribution < 1.29 is 8.78 Å². The molecule has 0 aliphatic carbocycles. The third-order valence-corrected chi connectivity index (χ3v) is 2.61. The Hall–Kier alpha value is -0.630. The number of hydrogen-bond acceptors (Lipinski definition) is 0. The highest BCUT2D eigenvalue weighted by Crippen LogP contribution is 2.30. The highest BCUT2D eigenvalue weighted by atomic mass is 35.5. The number of halogens is 3. The Morgan fingerprint density at radius 3 is 2.46 bits per heavy atom. The number of aryl methyl sites for hydroxylation is 1. The highest BCUT2D eigenvalue weighted by molar-refractivity contribution is 6.32. The van der Waals surface area contributed by atoms with E-state index in [9.17, 15) is 8.78 Å². The van der Waals surface area contributed by atoms with Crippen molar-refractivity contribution in [1.82, 2.24) is 0 Å². The Kier molecular flexibility index (Phi) is 3.26. The number of hydrogen-bond donors (Lipinski definition) is 0. The second kappa shape index (κ2) is 4.05. The Labute approximate surface area is 81.5 Å². The molecule has 0 aromatic heterocycles. The van der Waals surface area contributed by atoms with E-state index < -0.39 is 12.3 Å². The molecule has 0 aliphatic rings. The Morgan fingerprint density at radius 2 is 1.92 bits per heavy atom. The molecule has 0 bridgehead atoms. The molecule has 1 unspecified atom stereocenters. The predicted octanol–water partition coefficient (Wildman–Crippen LogP) is 4.02. The molecule has 1 atom stereocenters. The molecule has 0 saturated carbocycles. The summed E-state index contributed by atoms with van der Waals surface area (Å²) < 4.78 is 24.7. The molecule has 1 rings (SSSR count).